The van der Waals surface area contributed by atoms with Crippen LogP contribution in [0.5, 0.6) is 0 Å². The Bertz CT molecular complexity index is 446. The van der Waals surface area contributed by atoms with E-state index in [1.807, 2.05) is 26.0 Å². The Morgan fingerprint density at radius 2 is 2.07 bits per heavy atom. The van der Waals surface area contributed by atoms with Gasteiger partial charge in [-0.2, -0.15) is 4.68 Å². The molecular weight excluding hydrogens is 244 g/mol. The van der Waals surface area contributed by atoms with Crippen molar-refractivity contribution in [3.05, 3.63) is 34.2 Å². The van der Waals surface area contributed by atoms with Gasteiger partial charge in [0.15, 0.2) is 5.82 Å². The van der Waals surface area contributed by atoms with Gasteiger partial charge >= 0.3 is 0 Å². The maximum Gasteiger partial charge on any atom is 0.155 e. The molecule has 0 saturated heterocycles. The summed E-state index contributed by atoms with van der Waals surface area (Å²) >= 11 is 3.33. The molecule has 2 aromatic heterocycles. The summed E-state index contributed by atoms with van der Waals surface area (Å²) in [5.41, 5.74) is 1.94. The van der Waals surface area contributed by atoms with Crippen LogP contribution in [0.1, 0.15) is 11.4 Å². The molecule has 4 nitrogen and oxygen atoms in total. The third-order valence-electron chi connectivity index (χ3n) is 2.05. The van der Waals surface area contributed by atoms with E-state index in [0.29, 0.717) is 0 Å². The third-order valence-corrected chi connectivity index (χ3v) is 2.52. The summed E-state index contributed by atoms with van der Waals surface area (Å²) in [6.45, 7) is 3.90. The van der Waals surface area contributed by atoms with Gasteiger partial charge in [-0.1, -0.05) is 5.21 Å². The molecular formula is C9H9BrN4. The molecule has 0 spiro atoms. The molecule has 0 N–H and O–H groups in total. The Morgan fingerprint density at radius 3 is 2.57 bits per heavy atom. The van der Waals surface area contributed by atoms with Crippen molar-refractivity contribution in [2.75, 3.05) is 0 Å². The topological polar surface area (TPSA) is 43.6 Å². The number of aromatic nitrogens is 4. The Balaban J connectivity index is 2.49. The van der Waals surface area contributed by atoms with E-state index in [1.165, 1.54) is 0 Å². The summed E-state index contributed by atoms with van der Waals surface area (Å²) < 4.78 is 2.68. The monoisotopic (exact) mass is 252 g/mol. The highest BCUT2D eigenvalue weighted by atomic mass is 79.9. The minimum absolute atomic E-state index is 0.784. The lowest BCUT2D eigenvalue weighted by atomic mass is 10.4. The van der Waals surface area contributed by atoms with Crippen molar-refractivity contribution in [1.29, 1.82) is 0 Å². The molecule has 0 saturated carbocycles. The Morgan fingerprint density at radius 1 is 1.29 bits per heavy atom. The summed E-state index contributed by atoms with van der Waals surface area (Å²) in [7, 11) is 0. The van der Waals surface area contributed by atoms with Gasteiger partial charge in [0.2, 0.25) is 0 Å². The largest absolute Gasteiger partial charge is 0.236 e. The van der Waals surface area contributed by atoms with Crippen LogP contribution in [0.3, 0.4) is 0 Å². The molecule has 2 heterocycles. The molecule has 0 fully saturated rings. The number of halogens is 1. The number of pyridine rings is 1. The lowest BCUT2D eigenvalue weighted by molar-refractivity contribution is 0.763. The standard InChI is InChI=1S/C9H9BrN4/c1-6-7(2)14(13-12-6)9-4-3-8(10)5-11-9/h3-5H,1-2H3. The van der Waals surface area contributed by atoms with Gasteiger partial charge in [0.25, 0.3) is 0 Å². The predicted molar refractivity (Wildman–Crippen MR) is 56.3 cm³/mol. The zero-order valence-electron chi connectivity index (χ0n) is 7.90. The fourth-order valence-electron chi connectivity index (χ4n) is 1.12. The first-order chi connectivity index (χ1) is 6.68. The third kappa shape index (κ3) is 1.55. The number of aryl methyl sites for hydroxylation is 1. The predicted octanol–water partition coefficient (Wildman–Crippen LogP) is 2.04. The fraction of sp³-hybridized carbons (Fsp3) is 0.222. The lowest BCUT2D eigenvalue weighted by Crippen LogP contribution is -2.01. The quantitative estimate of drug-likeness (QED) is 0.781. The van der Waals surface area contributed by atoms with Crippen molar-refractivity contribution in [2.24, 2.45) is 0 Å². The zero-order chi connectivity index (χ0) is 10.1. The maximum absolute atomic E-state index is 4.24. The molecule has 0 bridgehead atoms. The van der Waals surface area contributed by atoms with Crippen LogP contribution >= 0.6 is 15.9 Å². The normalized spacial score (nSPS) is 10.5. The van der Waals surface area contributed by atoms with Gasteiger partial charge in [-0.15, -0.1) is 5.10 Å². The van der Waals surface area contributed by atoms with Crippen molar-refractivity contribution >= 4 is 15.9 Å². The van der Waals surface area contributed by atoms with Crippen LogP contribution < -0.4 is 0 Å². The summed E-state index contributed by atoms with van der Waals surface area (Å²) in [6, 6.07) is 3.82. The number of hydrogen-bond donors (Lipinski definition) is 0. The van der Waals surface area contributed by atoms with Crippen molar-refractivity contribution in [3.63, 3.8) is 0 Å². The van der Waals surface area contributed by atoms with Gasteiger partial charge in [-0.3, -0.25) is 0 Å². The lowest BCUT2D eigenvalue weighted by Gasteiger charge is -2.01. The van der Waals surface area contributed by atoms with Crippen LogP contribution in [0.15, 0.2) is 22.8 Å². The van der Waals surface area contributed by atoms with E-state index in [2.05, 4.69) is 31.2 Å². The molecule has 5 heteroatoms. The van der Waals surface area contributed by atoms with E-state index in [0.717, 1.165) is 21.7 Å². The highest BCUT2D eigenvalue weighted by molar-refractivity contribution is 9.10. The first-order valence-electron chi connectivity index (χ1n) is 4.19. The molecule has 0 amide bonds. The average molecular weight is 253 g/mol. The molecule has 0 aromatic carbocycles. The average Bonchev–Trinajstić information content (AvgIpc) is 2.50. The zero-order valence-corrected chi connectivity index (χ0v) is 9.48. The van der Waals surface area contributed by atoms with Crippen molar-refractivity contribution in [3.8, 4) is 5.82 Å². The summed E-state index contributed by atoms with van der Waals surface area (Å²) in [6.07, 6.45) is 1.74. The van der Waals surface area contributed by atoms with E-state index >= 15 is 0 Å². The van der Waals surface area contributed by atoms with Crippen molar-refractivity contribution < 1.29 is 0 Å². The Labute approximate surface area is 90.1 Å². The molecule has 0 aliphatic carbocycles. The van der Waals surface area contributed by atoms with Gasteiger partial charge in [-0.05, 0) is 41.9 Å². The van der Waals surface area contributed by atoms with Gasteiger partial charge in [0, 0.05) is 10.7 Å². The minimum Gasteiger partial charge on any atom is -0.236 e. The second kappa shape index (κ2) is 3.49. The van der Waals surface area contributed by atoms with E-state index < -0.39 is 0 Å². The number of nitrogens with zero attached hydrogens (tertiary/aromatic N) is 4. The van der Waals surface area contributed by atoms with Gasteiger partial charge in [0.05, 0.1) is 11.4 Å². The highest BCUT2D eigenvalue weighted by Gasteiger charge is 2.06. The van der Waals surface area contributed by atoms with E-state index in [1.54, 1.807) is 10.9 Å². The molecule has 2 rings (SSSR count). The first-order valence-corrected chi connectivity index (χ1v) is 4.98. The van der Waals surface area contributed by atoms with Crippen molar-refractivity contribution in [1.82, 2.24) is 20.0 Å². The second-order valence-corrected chi connectivity index (χ2v) is 3.92. The molecule has 0 radical (unpaired) electrons. The van der Waals surface area contributed by atoms with E-state index in [4.69, 9.17) is 0 Å². The Kier molecular flexibility index (Phi) is 2.33. The SMILES string of the molecule is Cc1nnn(-c2ccc(Br)cn2)c1C. The second-order valence-electron chi connectivity index (χ2n) is 3.01. The molecule has 72 valence electrons. The molecule has 14 heavy (non-hydrogen) atoms. The van der Waals surface area contributed by atoms with Crippen LogP contribution in [0.25, 0.3) is 5.82 Å². The molecule has 2 aromatic rings. The molecule has 0 atom stereocenters. The minimum atomic E-state index is 0.784. The smallest absolute Gasteiger partial charge is 0.155 e. The van der Waals surface area contributed by atoms with Gasteiger partial charge in [-0.25, -0.2) is 4.98 Å². The van der Waals surface area contributed by atoms with E-state index in [-0.39, 0.29) is 0 Å². The maximum atomic E-state index is 4.24. The van der Waals surface area contributed by atoms with Crippen LogP contribution in [-0.2, 0) is 0 Å². The van der Waals surface area contributed by atoms with Gasteiger partial charge in [0.1, 0.15) is 0 Å². The Hall–Kier alpha value is -1.23. The number of hydrogen-bond acceptors (Lipinski definition) is 3. The van der Waals surface area contributed by atoms with Crippen LogP contribution in [0.2, 0.25) is 0 Å². The highest BCUT2D eigenvalue weighted by Crippen LogP contribution is 2.12. The van der Waals surface area contributed by atoms with Crippen LogP contribution in [-0.4, -0.2) is 20.0 Å². The van der Waals surface area contributed by atoms with Crippen LogP contribution in [0, 0.1) is 13.8 Å². The number of rotatable bonds is 1. The van der Waals surface area contributed by atoms with Crippen molar-refractivity contribution in [2.45, 2.75) is 13.8 Å². The summed E-state index contributed by atoms with van der Waals surface area (Å²) in [4.78, 5) is 4.24. The molecule has 0 aliphatic rings. The molecule has 0 unspecified atom stereocenters. The van der Waals surface area contributed by atoms with Crippen LogP contribution in [0.4, 0.5) is 0 Å². The summed E-state index contributed by atoms with van der Waals surface area (Å²) in [5, 5.41) is 7.98. The van der Waals surface area contributed by atoms with E-state index in [9.17, 15) is 0 Å². The molecule has 0 aliphatic heterocycles. The van der Waals surface area contributed by atoms with Gasteiger partial charge < -0.3 is 0 Å². The fourth-order valence-corrected chi connectivity index (χ4v) is 1.35. The summed E-state index contributed by atoms with van der Waals surface area (Å²) in [5.74, 6) is 0.784. The first kappa shape index (κ1) is 9.33.